The normalized spacial score (nSPS) is 11.3. The summed E-state index contributed by atoms with van der Waals surface area (Å²) in [7, 11) is 0.332. The molecule has 0 saturated heterocycles. The van der Waals surface area contributed by atoms with Crippen LogP contribution in [0.5, 0.6) is 17.2 Å². The molecule has 0 saturated carbocycles. The third-order valence-electron chi connectivity index (χ3n) is 5.19. The number of nitrogens with zero attached hydrogens (tertiary/aromatic N) is 2. The number of imidazole rings is 1. The second-order valence-corrected chi connectivity index (χ2v) is 9.23. The van der Waals surface area contributed by atoms with Crippen molar-refractivity contribution in [3.05, 3.63) is 78.2 Å². The van der Waals surface area contributed by atoms with Crippen molar-refractivity contribution >= 4 is 27.3 Å². The molecule has 0 aliphatic carbocycles. The van der Waals surface area contributed by atoms with Crippen LogP contribution >= 0.6 is 0 Å². The lowest BCUT2D eigenvalue weighted by Crippen LogP contribution is -2.20. The summed E-state index contributed by atoms with van der Waals surface area (Å²) < 4.78 is 45.2. The second-order valence-electron chi connectivity index (χ2n) is 7.38. The second kappa shape index (κ2) is 10.0. The number of benzene rings is 2. The van der Waals surface area contributed by atoms with Crippen LogP contribution in [0.1, 0.15) is 16.1 Å². The van der Waals surface area contributed by atoms with Gasteiger partial charge in [0.05, 0.1) is 19.9 Å². The number of hydrogen-bond donors (Lipinski definition) is 2. The number of amides is 1. The summed E-state index contributed by atoms with van der Waals surface area (Å²) >= 11 is 0. The van der Waals surface area contributed by atoms with Crippen molar-refractivity contribution in [3.8, 4) is 17.2 Å². The molecular formula is C24H24N4O6S. The quantitative estimate of drug-likeness (QED) is 0.365. The van der Waals surface area contributed by atoms with E-state index < -0.39 is 15.9 Å². The van der Waals surface area contributed by atoms with Crippen molar-refractivity contribution in [2.24, 2.45) is 0 Å². The first-order valence-corrected chi connectivity index (χ1v) is 12.0. The molecule has 0 aliphatic heterocycles. The smallest absolute Gasteiger partial charge is 0.255 e. The number of sulfonamides is 1. The van der Waals surface area contributed by atoms with E-state index in [0.717, 1.165) is 11.3 Å². The number of nitrogens with one attached hydrogen (secondary N) is 2. The SMILES string of the molecule is CNS(=O)(=O)c1cc(C(=O)Nc2ccc(OC)c(OCc3cn4ccccc4n3)c2)ccc1OC. The number of carbonyl (C=O) groups is 1. The summed E-state index contributed by atoms with van der Waals surface area (Å²) in [5, 5.41) is 2.75. The van der Waals surface area contributed by atoms with Crippen LogP contribution in [0, 0.1) is 0 Å². The monoisotopic (exact) mass is 496 g/mol. The number of rotatable bonds is 9. The van der Waals surface area contributed by atoms with Crippen LogP contribution < -0.4 is 24.2 Å². The molecule has 2 N–H and O–H groups in total. The summed E-state index contributed by atoms with van der Waals surface area (Å²) in [6.07, 6.45) is 3.77. The summed E-state index contributed by atoms with van der Waals surface area (Å²) in [6.45, 7) is 0.194. The maximum Gasteiger partial charge on any atom is 0.255 e. The Hall–Kier alpha value is -4.09. The fraction of sp³-hybridized carbons (Fsp3) is 0.167. The highest BCUT2D eigenvalue weighted by atomic mass is 32.2. The summed E-state index contributed by atoms with van der Waals surface area (Å²) in [6, 6.07) is 14.8. The van der Waals surface area contributed by atoms with Crippen LogP contribution in [-0.4, -0.2) is 45.0 Å². The Morgan fingerprint density at radius 2 is 1.77 bits per heavy atom. The van der Waals surface area contributed by atoms with Crippen LogP contribution in [0.25, 0.3) is 5.65 Å². The minimum absolute atomic E-state index is 0.128. The molecule has 0 radical (unpaired) electrons. The molecule has 0 fully saturated rings. The lowest BCUT2D eigenvalue weighted by Gasteiger charge is -2.13. The number of aromatic nitrogens is 2. The topological polar surface area (TPSA) is 120 Å². The molecule has 35 heavy (non-hydrogen) atoms. The highest BCUT2D eigenvalue weighted by molar-refractivity contribution is 7.89. The average molecular weight is 497 g/mol. The van der Waals surface area contributed by atoms with Crippen molar-refractivity contribution in [2.75, 3.05) is 26.6 Å². The van der Waals surface area contributed by atoms with Gasteiger partial charge in [-0.25, -0.2) is 18.1 Å². The van der Waals surface area contributed by atoms with Crippen molar-refractivity contribution in [3.63, 3.8) is 0 Å². The first-order valence-electron chi connectivity index (χ1n) is 10.5. The molecule has 0 aliphatic rings. The van der Waals surface area contributed by atoms with Crippen molar-refractivity contribution in [2.45, 2.75) is 11.5 Å². The number of carbonyl (C=O) groups excluding carboxylic acids is 1. The Morgan fingerprint density at radius 1 is 1.00 bits per heavy atom. The Labute approximate surface area is 202 Å². The molecule has 2 heterocycles. The van der Waals surface area contributed by atoms with E-state index in [1.165, 1.54) is 39.5 Å². The highest BCUT2D eigenvalue weighted by Crippen LogP contribution is 2.31. The van der Waals surface area contributed by atoms with E-state index in [4.69, 9.17) is 14.2 Å². The summed E-state index contributed by atoms with van der Waals surface area (Å²) in [5.41, 5.74) is 2.11. The predicted molar refractivity (Wildman–Crippen MR) is 130 cm³/mol. The van der Waals surface area contributed by atoms with E-state index in [0.29, 0.717) is 17.2 Å². The van der Waals surface area contributed by atoms with E-state index in [2.05, 4.69) is 15.0 Å². The molecule has 10 nitrogen and oxygen atoms in total. The van der Waals surface area contributed by atoms with Crippen LogP contribution in [-0.2, 0) is 16.6 Å². The van der Waals surface area contributed by atoms with Gasteiger partial charge in [0, 0.05) is 29.7 Å². The number of fused-ring (bicyclic) bond motifs is 1. The number of ether oxygens (including phenoxy) is 3. The van der Waals surface area contributed by atoms with E-state index in [9.17, 15) is 13.2 Å². The number of methoxy groups -OCH3 is 2. The van der Waals surface area contributed by atoms with Gasteiger partial charge in [0.15, 0.2) is 11.5 Å². The molecule has 0 bridgehead atoms. The van der Waals surface area contributed by atoms with Gasteiger partial charge in [-0.05, 0) is 49.5 Å². The number of anilines is 1. The van der Waals surface area contributed by atoms with Crippen LogP contribution in [0.4, 0.5) is 5.69 Å². The Kier molecular flexibility index (Phi) is 6.90. The van der Waals surface area contributed by atoms with Gasteiger partial charge in [-0.2, -0.15) is 0 Å². The predicted octanol–water partition coefficient (Wildman–Crippen LogP) is 3.09. The number of hydrogen-bond acceptors (Lipinski definition) is 7. The van der Waals surface area contributed by atoms with Crippen molar-refractivity contribution in [1.29, 1.82) is 0 Å². The highest BCUT2D eigenvalue weighted by Gasteiger charge is 2.20. The van der Waals surface area contributed by atoms with Crippen LogP contribution in [0.3, 0.4) is 0 Å². The van der Waals surface area contributed by atoms with Crippen molar-refractivity contribution < 1.29 is 27.4 Å². The van der Waals surface area contributed by atoms with Gasteiger partial charge < -0.3 is 23.9 Å². The van der Waals surface area contributed by atoms with Gasteiger partial charge in [-0.15, -0.1) is 0 Å². The molecule has 1 amide bonds. The third-order valence-corrected chi connectivity index (χ3v) is 6.63. The molecule has 2 aromatic carbocycles. The minimum Gasteiger partial charge on any atom is -0.495 e. The zero-order chi connectivity index (χ0) is 25.0. The molecular weight excluding hydrogens is 472 g/mol. The Balaban J connectivity index is 1.54. The fourth-order valence-electron chi connectivity index (χ4n) is 3.42. The van der Waals surface area contributed by atoms with Gasteiger partial charge >= 0.3 is 0 Å². The van der Waals surface area contributed by atoms with Gasteiger partial charge in [0.2, 0.25) is 10.0 Å². The molecule has 0 atom stereocenters. The molecule has 182 valence electrons. The van der Waals surface area contributed by atoms with Gasteiger partial charge in [-0.3, -0.25) is 4.79 Å². The van der Waals surface area contributed by atoms with E-state index >= 15 is 0 Å². The first kappa shape index (κ1) is 24.0. The van der Waals surface area contributed by atoms with E-state index in [1.807, 2.05) is 35.0 Å². The molecule has 4 rings (SSSR count). The van der Waals surface area contributed by atoms with Gasteiger partial charge in [0.1, 0.15) is 22.9 Å². The number of pyridine rings is 1. The zero-order valence-electron chi connectivity index (χ0n) is 19.3. The van der Waals surface area contributed by atoms with Gasteiger partial charge in [0.25, 0.3) is 5.91 Å². The molecule has 0 spiro atoms. The van der Waals surface area contributed by atoms with E-state index in [-0.39, 0.29) is 22.8 Å². The lowest BCUT2D eigenvalue weighted by molar-refractivity contribution is 0.102. The Bertz CT molecular complexity index is 1450. The largest absolute Gasteiger partial charge is 0.495 e. The van der Waals surface area contributed by atoms with Crippen LogP contribution in [0.15, 0.2) is 71.9 Å². The molecule has 4 aromatic rings. The maximum atomic E-state index is 12.9. The maximum absolute atomic E-state index is 12.9. The third kappa shape index (κ3) is 5.20. The first-order chi connectivity index (χ1) is 16.8. The summed E-state index contributed by atoms with van der Waals surface area (Å²) in [4.78, 5) is 17.2. The lowest BCUT2D eigenvalue weighted by atomic mass is 10.2. The molecule has 2 aromatic heterocycles. The van der Waals surface area contributed by atoms with Gasteiger partial charge in [-0.1, -0.05) is 6.07 Å². The Morgan fingerprint density at radius 3 is 2.49 bits per heavy atom. The average Bonchev–Trinajstić information content (AvgIpc) is 3.30. The fourth-order valence-corrected chi connectivity index (χ4v) is 4.34. The summed E-state index contributed by atoms with van der Waals surface area (Å²) in [5.74, 6) is 0.522. The zero-order valence-corrected chi connectivity index (χ0v) is 20.1. The standard InChI is InChI=1S/C24H24N4O6S/c1-25-35(30,31)22-12-16(7-9-20(22)33-3)24(29)27-17-8-10-19(32-2)21(13-17)34-15-18-14-28-11-5-4-6-23(28)26-18/h4-14,25H,15H2,1-3H3,(H,27,29). The van der Waals surface area contributed by atoms with Crippen molar-refractivity contribution in [1.82, 2.24) is 14.1 Å². The molecule has 11 heteroatoms. The van der Waals surface area contributed by atoms with Crippen LogP contribution in [0.2, 0.25) is 0 Å². The minimum atomic E-state index is -3.83. The van der Waals surface area contributed by atoms with E-state index in [1.54, 1.807) is 18.2 Å². The molecule has 0 unspecified atom stereocenters.